The molecule has 4 rings (SSSR count). The number of carbonyl (C=O) groups excluding carboxylic acids is 1. The van der Waals surface area contributed by atoms with E-state index in [1.165, 1.54) is 36.5 Å². The van der Waals surface area contributed by atoms with Crippen molar-refractivity contribution >= 4 is 27.1 Å². The Morgan fingerprint density at radius 2 is 1.88 bits per heavy atom. The lowest BCUT2D eigenvalue weighted by Gasteiger charge is -2.14. The third-order valence-corrected chi connectivity index (χ3v) is 5.64. The van der Waals surface area contributed by atoms with Gasteiger partial charge in [-0.1, -0.05) is 6.07 Å². The number of aromatic nitrogens is 3. The number of nitrogens with one attached hydrogen (secondary N) is 1. The molecule has 0 aliphatic rings. The minimum Gasteiger partial charge on any atom is -0.434 e. The van der Waals surface area contributed by atoms with Crippen LogP contribution < -0.4 is 10.1 Å². The number of ether oxygens (including phenoxy) is 1. The summed E-state index contributed by atoms with van der Waals surface area (Å²) in [5.74, 6) is -1.18. The number of amides is 1. The highest BCUT2D eigenvalue weighted by molar-refractivity contribution is 7.90. The van der Waals surface area contributed by atoms with Gasteiger partial charge >= 0.3 is 6.18 Å². The summed E-state index contributed by atoms with van der Waals surface area (Å²) in [6.45, 7) is 0. The summed E-state index contributed by atoms with van der Waals surface area (Å²) in [6, 6.07) is 9.09. The number of sulfone groups is 1. The minimum absolute atomic E-state index is 0.0649. The second-order valence-corrected chi connectivity index (χ2v) is 8.98. The van der Waals surface area contributed by atoms with Crippen LogP contribution in [0.2, 0.25) is 0 Å². The Morgan fingerprint density at radius 1 is 1.09 bits per heavy atom. The molecule has 3 aromatic heterocycles. The molecule has 33 heavy (non-hydrogen) atoms. The highest BCUT2D eigenvalue weighted by Crippen LogP contribution is 2.33. The second-order valence-electron chi connectivity index (χ2n) is 6.96. The van der Waals surface area contributed by atoms with Gasteiger partial charge in [0.25, 0.3) is 5.91 Å². The van der Waals surface area contributed by atoms with Gasteiger partial charge in [0.2, 0.25) is 5.88 Å². The van der Waals surface area contributed by atoms with Crippen LogP contribution in [0, 0.1) is 0 Å². The van der Waals surface area contributed by atoms with Crippen LogP contribution >= 0.6 is 0 Å². The van der Waals surface area contributed by atoms with Crippen molar-refractivity contribution in [3.8, 4) is 11.6 Å². The Balaban J connectivity index is 1.74. The van der Waals surface area contributed by atoms with Crippen LogP contribution in [0.3, 0.4) is 0 Å². The molecule has 1 N–H and O–H groups in total. The Bertz CT molecular complexity index is 1470. The highest BCUT2D eigenvalue weighted by atomic mass is 32.2. The van der Waals surface area contributed by atoms with Crippen molar-refractivity contribution < 1.29 is 31.1 Å². The number of halogens is 3. The van der Waals surface area contributed by atoms with E-state index in [0.29, 0.717) is 17.9 Å². The van der Waals surface area contributed by atoms with Crippen LogP contribution in [0.1, 0.15) is 15.9 Å². The summed E-state index contributed by atoms with van der Waals surface area (Å²) in [5.41, 5.74) is -1.21. The van der Waals surface area contributed by atoms with Gasteiger partial charge in [-0.15, -0.1) is 0 Å². The van der Waals surface area contributed by atoms with E-state index in [2.05, 4.69) is 15.3 Å². The molecule has 0 atom stereocenters. The van der Waals surface area contributed by atoms with Crippen LogP contribution in [0.15, 0.2) is 72.1 Å². The Labute approximate surface area is 185 Å². The number of pyridine rings is 2. The van der Waals surface area contributed by atoms with E-state index in [0.717, 1.165) is 6.26 Å². The maximum atomic E-state index is 13.3. The monoisotopic (exact) mass is 476 g/mol. The van der Waals surface area contributed by atoms with E-state index in [1.54, 1.807) is 22.9 Å². The molecule has 8 nitrogen and oxygen atoms in total. The molecule has 0 aliphatic heterocycles. The zero-order valence-corrected chi connectivity index (χ0v) is 17.7. The van der Waals surface area contributed by atoms with Gasteiger partial charge in [0.05, 0.1) is 10.5 Å². The van der Waals surface area contributed by atoms with Crippen LogP contribution in [-0.2, 0) is 16.0 Å². The van der Waals surface area contributed by atoms with E-state index in [4.69, 9.17) is 4.74 Å². The van der Waals surface area contributed by atoms with Crippen LogP contribution in [0.4, 0.5) is 18.9 Å². The predicted molar refractivity (Wildman–Crippen MR) is 112 cm³/mol. The van der Waals surface area contributed by atoms with E-state index < -0.39 is 33.0 Å². The van der Waals surface area contributed by atoms with E-state index in [9.17, 15) is 26.4 Å². The third kappa shape index (κ3) is 4.80. The summed E-state index contributed by atoms with van der Waals surface area (Å²) < 4.78 is 70.6. The standard InChI is InChI=1S/C21H15F3N4O4S/c1-33(30,31)15-5-2-4-14(11-15)27-19(29)16-10-13(21(22,23)24)12-26-20(16)32-17-6-3-8-28-9-7-25-18(17)28/h2-12H,1H3,(H,27,29). The first kappa shape index (κ1) is 22.3. The molecular weight excluding hydrogens is 461 g/mol. The Kier molecular flexibility index (Phi) is 5.54. The fourth-order valence-corrected chi connectivity index (χ4v) is 3.63. The average molecular weight is 476 g/mol. The minimum atomic E-state index is -4.75. The van der Waals surface area contributed by atoms with Gasteiger partial charge in [0.15, 0.2) is 21.2 Å². The van der Waals surface area contributed by atoms with Crippen molar-refractivity contribution in [2.24, 2.45) is 0 Å². The summed E-state index contributed by atoms with van der Waals surface area (Å²) in [5, 5.41) is 2.40. The van der Waals surface area contributed by atoms with Crippen LogP contribution in [0.5, 0.6) is 11.6 Å². The normalized spacial score (nSPS) is 12.0. The number of benzene rings is 1. The molecule has 0 saturated heterocycles. The first-order valence-electron chi connectivity index (χ1n) is 9.30. The molecule has 1 aromatic carbocycles. The Morgan fingerprint density at radius 3 is 2.61 bits per heavy atom. The first-order valence-corrected chi connectivity index (χ1v) is 11.2. The Hall–Kier alpha value is -3.93. The quantitative estimate of drug-likeness (QED) is 0.463. The molecule has 0 spiro atoms. The summed E-state index contributed by atoms with van der Waals surface area (Å²) >= 11 is 0. The molecular formula is C21H15F3N4O4S. The summed E-state index contributed by atoms with van der Waals surface area (Å²) in [6.07, 6.45) is 1.64. The maximum Gasteiger partial charge on any atom is 0.417 e. The average Bonchev–Trinajstić information content (AvgIpc) is 3.23. The predicted octanol–water partition coefficient (Wildman–Crippen LogP) is 4.20. The molecule has 0 bridgehead atoms. The summed E-state index contributed by atoms with van der Waals surface area (Å²) in [4.78, 5) is 20.7. The molecule has 12 heteroatoms. The van der Waals surface area contributed by atoms with E-state index >= 15 is 0 Å². The van der Waals surface area contributed by atoms with E-state index in [1.807, 2.05) is 0 Å². The lowest BCUT2D eigenvalue weighted by atomic mass is 10.1. The van der Waals surface area contributed by atoms with Gasteiger partial charge in [-0.05, 0) is 36.4 Å². The molecule has 0 radical (unpaired) electrons. The number of rotatable bonds is 5. The molecule has 0 fully saturated rings. The SMILES string of the molecule is CS(=O)(=O)c1cccc(NC(=O)c2cc(C(F)(F)F)cnc2Oc2cccn3ccnc23)c1. The molecule has 0 saturated carbocycles. The van der Waals surface area contributed by atoms with Crippen molar-refractivity contribution in [3.05, 3.63) is 78.4 Å². The number of imidazole rings is 1. The molecule has 4 aromatic rings. The van der Waals surface area contributed by atoms with Crippen molar-refractivity contribution in [2.75, 3.05) is 11.6 Å². The maximum absolute atomic E-state index is 13.3. The number of hydrogen-bond donors (Lipinski definition) is 1. The zero-order chi connectivity index (χ0) is 23.8. The second kappa shape index (κ2) is 8.20. The molecule has 170 valence electrons. The van der Waals surface area contributed by atoms with E-state index in [-0.39, 0.29) is 22.2 Å². The fraction of sp³-hybridized carbons (Fsp3) is 0.0952. The smallest absolute Gasteiger partial charge is 0.417 e. The fourth-order valence-electron chi connectivity index (χ4n) is 2.96. The van der Waals surface area contributed by atoms with Crippen LogP contribution in [0.25, 0.3) is 5.65 Å². The van der Waals surface area contributed by atoms with Gasteiger partial charge < -0.3 is 14.5 Å². The van der Waals surface area contributed by atoms with Crippen molar-refractivity contribution in [1.82, 2.24) is 14.4 Å². The molecule has 0 aliphatic carbocycles. The number of carbonyl (C=O) groups is 1. The molecule has 1 amide bonds. The lowest BCUT2D eigenvalue weighted by Crippen LogP contribution is -2.16. The largest absolute Gasteiger partial charge is 0.434 e. The number of hydrogen-bond acceptors (Lipinski definition) is 6. The van der Waals surface area contributed by atoms with Gasteiger partial charge in [-0.25, -0.2) is 18.4 Å². The third-order valence-electron chi connectivity index (χ3n) is 4.53. The number of alkyl halides is 3. The van der Waals surface area contributed by atoms with Gasteiger partial charge in [-0.2, -0.15) is 13.2 Å². The topological polar surface area (TPSA) is 103 Å². The zero-order valence-electron chi connectivity index (χ0n) is 16.9. The van der Waals surface area contributed by atoms with Crippen molar-refractivity contribution in [2.45, 2.75) is 11.1 Å². The summed E-state index contributed by atoms with van der Waals surface area (Å²) in [7, 11) is -3.56. The number of nitrogens with zero attached hydrogens (tertiary/aromatic N) is 3. The number of anilines is 1. The van der Waals surface area contributed by atoms with Gasteiger partial charge in [-0.3, -0.25) is 4.79 Å². The van der Waals surface area contributed by atoms with Crippen molar-refractivity contribution in [3.63, 3.8) is 0 Å². The van der Waals surface area contributed by atoms with Gasteiger partial charge in [0.1, 0.15) is 5.56 Å². The first-order chi connectivity index (χ1) is 15.5. The lowest BCUT2D eigenvalue weighted by molar-refractivity contribution is -0.137. The van der Waals surface area contributed by atoms with Crippen molar-refractivity contribution in [1.29, 1.82) is 0 Å². The molecule has 0 unspecified atom stereocenters. The highest BCUT2D eigenvalue weighted by Gasteiger charge is 2.33. The van der Waals surface area contributed by atoms with Crippen LogP contribution in [-0.4, -0.2) is 34.9 Å². The van der Waals surface area contributed by atoms with Gasteiger partial charge in [0, 0.05) is 36.7 Å². The number of fused-ring (bicyclic) bond motifs is 1. The molecule has 3 heterocycles.